The maximum absolute atomic E-state index is 13.4. The van der Waals surface area contributed by atoms with Crippen molar-refractivity contribution in [2.75, 3.05) is 39.6 Å². The van der Waals surface area contributed by atoms with E-state index in [4.69, 9.17) is 33.2 Å². The van der Waals surface area contributed by atoms with Crippen molar-refractivity contribution < 1.29 is 66.7 Å². The van der Waals surface area contributed by atoms with Crippen molar-refractivity contribution in [3.63, 3.8) is 0 Å². The Kier molecular flexibility index (Phi) is 47.1. The summed E-state index contributed by atoms with van der Waals surface area (Å²) in [6.45, 7) is 14.6. The summed E-state index contributed by atoms with van der Waals surface area (Å²) in [5, 5.41) is 2.66. The summed E-state index contributed by atoms with van der Waals surface area (Å²) in [6.07, 6.45) is 28.2. The van der Waals surface area contributed by atoms with Crippen LogP contribution in [0.5, 0.6) is 0 Å². The van der Waals surface area contributed by atoms with Gasteiger partial charge in [-0.1, -0.05) is 156 Å². The quantitative estimate of drug-likeness (QED) is 0.0343. The van der Waals surface area contributed by atoms with Gasteiger partial charge in [-0.3, -0.25) is 28.8 Å². The highest BCUT2D eigenvalue weighted by molar-refractivity contribution is 5.73. The molecule has 0 fully saturated rings. The molecule has 0 spiro atoms. The van der Waals surface area contributed by atoms with E-state index in [1.54, 1.807) is 20.8 Å². The zero-order valence-corrected chi connectivity index (χ0v) is 48.6. The van der Waals surface area contributed by atoms with Crippen LogP contribution in [0.2, 0.25) is 0 Å². The normalized spacial score (nSPS) is 12.5. The highest BCUT2D eigenvalue weighted by Crippen LogP contribution is 2.23. The van der Waals surface area contributed by atoms with E-state index in [-0.39, 0.29) is 87.5 Å². The van der Waals surface area contributed by atoms with Gasteiger partial charge in [0.25, 0.3) is 0 Å². The first kappa shape index (κ1) is 71.1. The molecule has 0 bridgehead atoms. The highest BCUT2D eigenvalue weighted by atomic mass is 16.6. The second-order valence-electron chi connectivity index (χ2n) is 21.7. The van der Waals surface area contributed by atoms with Crippen LogP contribution in [-0.2, 0) is 61.9 Å². The van der Waals surface area contributed by atoms with E-state index < -0.39 is 29.7 Å². The Morgan fingerprint density at radius 3 is 1.00 bits per heavy atom. The van der Waals surface area contributed by atoms with Gasteiger partial charge < -0.3 is 38.5 Å². The van der Waals surface area contributed by atoms with Gasteiger partial charge in [-0.2, -0.15) is 0 Å². The third kappa shape index (κ3) is 49.4. The van der Waals surface area contributed by atoms with Crippen molar-refractivity contribution in [2.45, 2.75) is 291 Å². The van der Waals surface area contributed by atoms with Gasteiger partial charge in [0.05, 0.1) is 26.4 Å². The van der Waals surface area contributed by atoms with Crippen molar-refractivity contribution in [1.82, 2.24) is 5.32 Å². The van der Waals surface area contributed by atoms with Crippen LogP contribution in [0.1, 0.15) is 280 Å². The zero-order chi connectivity index (χ0) is 55.6. The molecule has 0 heterocycles. The predicted octanol–water partition coefficient (Wildman–Crippen LogP) is 14.5. The average molecular weight is 1070 g/mol. The lowest BCUT2D eigenvalue weighted by Gasteiger charge is -2.24. The van der Waals surface area contributed by atoms with Gasteiger partial charge in [0.1, 0.15) is 24.9 Å². The van der Waals surface area contributed by atoms with E-state index in [0.29, 0.717) is 65.0 Å². The van der Waals surface area contributed by atoms with E-state index in [9.17, 15) is 33.6 Å². The van der Waals surface area contributed by atoms with Gasteiger partial charge in [-0.05, 0) is 96.8 Å². The number of hydrogen-bond donors (Lipinski definition) is 1. The Morgan fingerprint density at radius 2 is 0.640 bits per heavy atom. The van der Waals surface area contributed by atoms with Crippen molar-refractivity contribution >= 4 is 41.9 Å². The van der Waals surface area contributed by atoms with Crippen LogP contribution in [0.15, 0.2) is 0 Å². The summed E-state index contributed by atoms with van der Waals surface area (Å²) in [5.41, 5.74) is -0.832. The Bertz CT molecular complexity index is 1460. The van der Waals surface area contributed by atoms with E-state index >= 15 is 0 Å². The van der Waals surface area contributed by atoms with Crippen LogP contribution >= 0.6 is 0 Å². The number of ether oxygens (including phenoxy) is 7. The number of amides is 1. The number of carbonyl (C=O) groups is 7. The second kappa shape index (κ2) is 49.6. The maximum atomic E-state index is 13.4. The molecule has 0 aliphatic heterocycles. The molecule has 0 aromatic heterocycles. The summed E-state index contributed by atoms with van der Waals surface area (Å²) >= 11 is 0. The highest BCUT2D eigenvalue weighted by Gasteiger charge is 2.25. The molecule has 0 aromatic rings. The molecule has 0 saturated carbocycles. The van der Waals surface area contributed by atoms with Gasteiger partial charge in [-0.15, -0.1) is 0 Å². The molecule has 0 aliphatic carbocycles. The lowest BCUT2D eigenvalue weighted by Crippen LogP contribution is -2.44. The SMILES string of the molecule is CCCCCCCCOC(=O)CCCC(CCC(=O)OCC(COC(=O)CC(CCCC(=O)OCCCCCCCC)CCC(=O)OCCCCCCCC)NC(=O)OC(C)(C)C)CC(=O)OCCCCCCCC. The minimum Gasteiger partial charge on any atom is -0.466 e. The number of alkyl carbamates (subject to hydrolysis) is 1. The Labute approximate surface area is 455 Å². The number of rotatable bonds is 51. The number of hydrogen-bond acceptors (Lipinski definition) is 14. The lowest BCUT2D eigenvalue weighted by atomic mass is 9.93. The molecule has 1 amide bonds. The molecule has 1 N–H and O–H groups in total. The molecule has 3 unspecified atom stereocenters. The molecule has 0 aromatic carbocycles. The largest absolute Gasteiger partial charge is 0.466 e. The van der Waals surface area contributed by atoms with E-state index in [1.807, 2.05) is 0 Å². The molecule has 75 heavy (non-hydrogen) atoms. The molecule has 0 aliphatic rings. The lowest BCUT2D eigenvalue weighted by molar-refractivity contribution is -0.150. The van der Waals surface area contributed by atoms with Gasteiger partial charge >= 0.3 is 41.9 Å². The van der Waals surface area contributed by atoms with E-state index in [1.165, 1.54) is 57.8 Å². The van der Waals surface area contributed by atoms with Crippen molar-refractivity contribution in [3.05, 3.63) is 0 Å². The molecule has 3 atom stereocenters. The minimum atomic E-state index is -0.959. The van der Waals surface area contributed by atoms with Crippen molar-refractivity contribution in [2.24, 2.45) is 11.8 Å². The molecule has 0 rings (SSSR count). The van der Waals surface area contributed by atoms with E-state index in [0.717, 1.165) is 96.3 Å². The topological polar surface area (TPSA) is 196 Å². The summed E-state index contributed by atoms with van der Waals surface area (Å²) in [6, 6.07) is -0.959. The molecular weight excluding hydrogens is 959 g/mol. The van der Waals surface area contributed by atoms with E-state index in [2.05, 4.69) is 33.0 Å². The number of nitrogens with one attached hydrogen (secondary N) is 1. The summed E-state index contributed by atoms with van der Waals surface area (Å²) < 4.78 is 38.7. The predicted molar refractivity (Wildman–Crippen MR) is 295 cm³/mol. The minimum absolute atomic E-state index is 0.0353. The molecule has 0 saturated heterocycles. The molecule has 0 radical (unpaired) electrons. The monoisotopic (exact) mass is 1070 g/mol. The smallest absolute Gasteiger partial charge is 0.408 e. The van der Waals surface area contributed by atoms with Gasteiger partial charge in [0.2, 0.25) is 0 Å². The fourth-order valence-electron chi connectivity index (χ4n) is 8.56. The summed E-state index contributed by atoms with van der Waals surface area (Å²) in [5.74, 6) is -2.94. The first-order valence-corrected chi connectivity index (χ1v) is 30.0. The van der Waals surface area contributed by atoms with Crippen LogP contribution in [0.25, 0.3) is 0 Å². The molecule has 15 heteroatoms. The summed E-state index contributed by atoms with van der Waals surface area (Å²) in [4.78, 5) is 90.4. The Balaban J connectivity index is 5.62. The Morgan fingerprint density at radius 1 is 0.347 bits per heavy atom. The fraction of sp³-hybridized carbons (Fsp3) is 0.883. The average Bonchev–Trinajstić information content (AvgIpc) is 3.36. The molecule has 438 valence electrons. The number of esters is 6. The van der Waals surface area contributed by atoms with Gasteiger partial charge in [-0.25, -0.2) is 4.79 Å². The third-order valence-corrected chi connectivity index (χ3v) is 13.1. The van der Waals surface area contributed by atoms with Crippen molar-refractivity contribution in [3.8, 4) is 0 Å². The zero-order valence-electron chi connectivity index (χ0n) is 48.6. The van der Waals surface area contributed by atoms with Crippen LogP contribution in [0.3, 0.4) is 0 Å². The Hall–Kier alpha value is -3.91. The van der Waals surface area contributed by atoms with Gasteiger partial charge in [0.15, 0.2) is 0 Å². The van der Waals surface area contributed by atoms with Gasteiger partial charge in [0, 0.05) is 38.5 Å². The van der Waals surface area contributed by atoms with Crippen LogP contribution < -0.4 is 5.32 Å². The number of unbranched alkanes of at least 4 members (excludes halogenated alkanes) is 20. The van der Waals surface area contributed by atoms with Crippen LogP contribution in [0, 0.1) is 11.8 Å². The first-order chi connectivity index (χ1) is 36.1. The van der Waals surface area contributed by atoms with Crippen molar-refractivity contribution in [1.29, 1.82) is 0 Å². The fourth-order valence-corrected chi connectivity index (χ4v) is 8.56. The van der Waals surface area contributed by atoms with Crippen LogP contribution in [0.4, 0.5) is 4.79 Å². The first-order valence-electron chi connectivity index (χ1n) is 30.0. The molecular formula is C60H109NO14. The van der Waals surface area contributed by atoms with Crippen LogP contribution in [-0.4, -0.2) is 93.2 Å². The second-order valence-corrected chi connectivity index (χ2v) is 21.7. The maximum Gasteiger partial charge on any atom is 0.408 e. The summed E-state index contributed by atoms with van der Waals surface area (Å²) in [7, 11) is 0. The standard InChI is InChI=1S/C60H109NO14/c1-8-12-16-20-24-28-42-69-53(62)36-32-34-50(46-57(66)72-45-31-27-23-19-15-11-4)39-41-56(65)73-48-52(61-59(68)75-60(5,6)7)49-74-58(67)47-51(38-40-55(64)71-44-30-26-22-18-14-10-3)35-33-37-54(63)70-43-29-25-21-17-13-9-2/h50-52H,8-49H2,1-7H3,(H,61,68). The molecule has 15 nitrogen and oxygen atoms in total. The third-order valence-electron chi connectivity index (χ3n) is 13.1. The number of carbonyl (C=O) groups excluding carboxylic acids is 7.